The largest absolute Gasteiger partial charge is 0.421 e. The summed E-state index contributed by atoms with van der Waals surface area (Å²) in [4.78, 5) is 7.79. The van der Waals surface area contributed by atoms with Gasteiger partial charge in [0.1, 0.15) is 17.2 Å². The van der Waals surface area contributed by atoms with E-state index < -0.39 is 17.6 Å². The van der Waals surface area contributed by atoms with E-state index in [1.54, 1.807) is 12.1 Å². The van der Waals surface area contributed by atoms with Crippen LogP contribution >= 0.6 is 0 Å². The normalized spacial score (nSPS) is 11.6. The van der Waals surface area contributed by atoms with Crippen molar-refractivity contribution in [2.24, 2.45) is 5.92 Å². The zero-order valence-corrected chi connectivity index (χ0v) is 15.9. The Morgan fingerprint density at radius 1 is 0.966 bits per heavy atom. The molecule has 152 valence electrons. The van der Waals surface area contributed by atoms with Crippen molar-refractivity contribution in [3.63, 3.8) is 0 Å². The highest BCUT2D eigenvalue weighted by atomic mass is 19.4. The van der Waals surface area contributed by atoms with Gasteiger partial charge in [-0.3, -0.25) is 0 Å². The monoisotopic (exact) mass is 404 g/mol. The summed E-state index contributed by atoms with van der Waals surface area (Å²) in [6, 6.07) is 12.5. The quantitative estimate of drug-likeness (QED) is 0.472. The van der Waals surface area contributed by atoms with Crippen molar-refractivity contribution in [1.29, 1.82) is 0 Å². The van der Waals surface area contributed by atoms with Gasteiger partial charge in [0.15, 0.2) is 0 Å². The molecule has 0 spiro atoms. The summed E-state index contributed by atoms with van der Waals surface area (Å²) < 4.78 is 53.5. The highest BCUT2D eigenvalue weighted by Gasteiger charge is 2.35. The van der Waals surface area contributed by atoms with Crippen LogP contribution in [0.1, 0.15) is 25.0 Å². The van der Waals surface area contributed by atoms with Gasteiger partial charge in [0.05, 0.1) is 0 Å². The smallest absolute Gasteiger partial charge is 0.339 e. The number of rotatable bonds is 6. The Kier molecular flexibility index (Phi) is 6.00. The maximum Gasteiger partial charge on any atom is 0.421 e. The molecule has 2 N–H and O–H groups in total. The molecule has 0 unspecified atom stereocenters. The lowest BCUT2D eigenvalue weighted by Gasteiger charge is -2.17. The second-order valence-corrected chi connectivity index (χ2v) is 6.97. The Balaban J connectivity index is 1.96. The number of anilines is 4. The average Bonchev–Trinajstić information content (AvgIpc) is 2.64. The predicted octanol–water partition coefficient (Wildman–Crippen LogP) is 6.32. The van der Waals surface area contributed by atoms with E-state index in [0.717, 1.165) is 11.8 Å². The first-order chi connectivity index (χ1) is 13.7. The van der Waals surface area contributed by atoms with Crippen LogP contribution in [0.25, 0.3) is 0 Å². The molecule has 0 saturated carbocycles. The maximum absolute atomic E-state index is 13.5. The van der Waals surface area contributed by atoms with Crippen LogP contribution in [-0.2, 0) is 12.6 Å². The van der Waals surface area contributed by atoms with E-state index in [1.807, 2.05) is 26.0 Å². The summed E-state index contributed by atoms with van der Waals surface area (Å²) in [6.07, 6.45) is -3.19. The average molecular weight is 404 g/mol. The molecule has 0 saturated heterocycles. The molecule has 0 radical (unpaired) electrons. The van der Waals surface area contributed by atoms with Gasteiger partial charge < -0.3 is 10.6 Å². The summed E-state index contributed by atoms with van der Waals surface area (Å²) in [5, 5.41) is 5.60. The van der Waals surface area contributed by atoms with Gasteiger partial charge in [-0.25, -0.2) is 9.37 Å². The lowest BCUT2D eigenvalue weighted by atomic mass is 10.0. The number of halogens is 4. The van der Waals surface area contributed by atoms with E-state index in [0.29, 0.717) is 23.7 Å². The van der Waals surface area contributed by atoms with Gasteiger partial charge >= 0.3 is 6.18 Å². The van der Waals surface area contributed by atoms with Gasteiger partial charge in [-0.15, -0.1) is 0 Å². The van der Waals surface area contributed by atoms with Crippen LogP contribution in [-0.4, -0.2) is 9.97 Å². The van der Waals surface area contributed by atoms with E-state index in [1.165, 1.54) is 24.3 Å². The first-order valence-corrected chi connectivity index (χ1v) is 9.04. The van der Waals surface area contributed by atoms with Crippen LogP contribution in [0, 0.1) is 11.7 Å². The third-order valence-corrected chi connectivity index (χ3v) is 4.09. The lowest BCUT2D eigenvalue weighted by Crippen LogP contribution is -2.13. The third kappa shape index (κ3) is 5.43. The summed E-state index contributed by atoms with van der Waals surface area (Å²) in [7, 11) is 0. The fourth-order valence-corrected chi connectivity index (χ4v) is 2.79. The molecule has 0 aliphatic carbocycles. The molecule has 0 aliphatic rings. The minimum Gasteiger partial charge on any atom is -0.339 e. The Bertz CT molecular complexity index is 969. The highest BCUT2D eigenvalue weighted by Crippen LogP contribution is 2.36. The molecule has 8 heteroatoms. The van der Waals surface area contributed by atoms with Crippen molar-refractivity contribution in [2.75, 3.05) is 10.6 Å². The molecule has 3 aromatic rings. The molecule has 2 aromatic carbocycles. The fraction of sp³-hybridized carbons (Fsp3) is 0.238. The number of para-hydroxylation sites is 1. The second kappa shape index (κ2) is 8.46. The Hall–Kier alpha value is -3.16. The fourth-order valence-electron chi connectivity index (χ4n) is 2.79. The number of aromatic nitrogens is 2. The van der Waals surface area contributed by atoms with Gasteiger partial charge in [-0.2, -0.15) is 18.2 Å². The Labute approximate surface area is 166 Å². The van der Waals surface area contributed by atoms with E-state index in [4.69, 9.17) is 0 Å². The Morgan fingerprint density at radius 3 is 2.31 bits per heavy atom. The number of nitrogens with one attached hydrogen (secondary N) is 2. The zero-order valence-electron chi connectivity index (χ0n) is 15.9. The molecule has 1 heterocycles. The maximum atomic E-state index is 13.5. The zero-order chi connectivity index (χ0) is 21.0. The summed E-state index contributed by atoms with van der Waals surface area (Å²) in [6.45, 7) is 4.07. The number of alkyl halides is 3. The van der Waals surface area contributed by atoms with E-state index in [9.17, 15) is 17.6 Å². The van der Waals surface area contributed by atoms with E-state index >= 15 is 0 Å². The second-order valence-electron chi connectivity index (χ2n) is 6.97. The molecule has 0 atom stereocenters. The standard InChI is InChI=1S/C21H20F4N4/c1-13(2)11-14-5-3-4-6-18(14)28-19-17(21(23,24)25)12-26-20(29-19)27-16-9-7-15(22)8-10-16/h3-10,12-13H,11H2,1-2H3,(H2,26,27,28,29). The van der Waals surface area contributed by atoms with Crippen LogP contribution in [0.15, 0.2) is 54.7 Å². The van der Waals surface area contributed by atoms with Crippen LogP contribution < -0.4 is 10.6 Å². The van der Waals surface area contributed by atoms with Crippen molar-refractivity contribution in [3.05, 3.63) is 71.7 Å². The van der Waals surface area contributed by atoms with Crippen LogP contribution in [0.2, 0.25) is 0 Å². The molecule has 0 amide bonds. The lowest BCUT2D eigenvalue weighted by molar-refractivity contribution is -0.137. The van der Waals surface area contributed by atoms with Crippen LogP contribution in [0.4, 0.5) is 40.7 Å². The van der Waals surface area contributed by atoms with Gasteiger partial charge in [0, 0.05) is 17.6 Å². The van der Waals surface area contributed by atoms with Crippen molar-refractivity contribution in [1.82, 2.24) is 9.97 Å². The molecule has 0 fully saturated rings. The minimum atomic E-state index is -4.62. The first kappa shape index (κ1) is 20.6. The molecule has 29 heavy (non-hydrogen) atoms. The van der Waals surface area contributed by atoms with Gasteiger partial charge in [-0.05, 0) is 48.2 Å². The SMILES string of the molecule is CC(C)Cc1ccccc1Nc1nc(Nc2ccc(F)cc2)ncc1C(F)(F)F. The molecule has 3 rings (SSSR count). The van der Waals surface area contributed by atoms with Crippen molar-refractivity contribution < 1.29 is 17.6 Å². The molecular weight excluding hydrogens is 384 g/mol. The van der Waals surface area contributed by atoms with Gasteiger partial charge in [0.2, 0.25) is 5.95 Å². The predicted molar refractivity (Wildman–Crippen MR) is 105 cm³/mol. The third-order valence-electron chi connectivity index (χ3n) is 4.09. The van der Waals surface area contributed by atoms with Crippen molar-refractivity contribution >= 4 is 23.1 Å². The molecule has 0 bridgehead atoms. The minimum absolute atomic E-state index is 0.0338. The van der Waals surface area contributed by atoms with Crippen LogP contribution in [0.5, 0.6) is 0 Å². The summed E-state index contributed by atoms with van der Waals surface area (Å²) in [5.41, 5.74) is 0.930. The van der Waals surface area contributed by atoms with Gasteiger partial charge in [-0.1, -0.05) is 32.0 Å². The molecule has 4 nitrogen and oxygen atoms in total. The molecule has 1 aromatic heterocycles. The Morgan fingerprint density at radius 2 is 1.66 bits per heavy atom. The van der Waals surface area contributed by atoms with Crippen molar-refractivity contribution in [3.8, 4) is 0 Å². The highest BCUT2D eigenvalue weighted by molar-refractivity contribution is 5.65. The first-order valence-electron chi connectivity index (χ1n) is 9.04. The number of hydrogen-bond donors (Lipinski definition) is 2. The number of benzene rings is 2. The molecular formula is C21H20F4N4. The topological polar surface area (TPSA) is 49.8 Å². The van der Waals surface area contributed by atoms with Crippen molar-refractivity contribution in [2.45, 2.75) is 26.4 Å². The van der Waals surface area contributed by atoms with E-state index in [-0.39, 0.29) is 11.8 Å². The number of nitrogens with zero attached hydrogens (tertiary/aromatic N) is 2. The van der Waals surface area contributed by atoms with Crippen LogP contribution in [0.3, 0.4) is 0 Å². The number of hydrogen-bond acceptors (Lipinski definition) is 4. The van der Waals surface area contributed by atoms with Gasteiger partial charge in [0.25, 0.3) is 0 Å². The molecule has 0 aliphatic heterocycles. The van der Waals surface area contributed by atoms with E-state index in [2.05, 4.69) is 20.6 Å². The summed E-state index contributed by atoms with van der Waals surface area (Å²) in [5.74, 6) is -0.476. The summed E-state index contributed by atoms with van der Waals surface area (Å²) >= 11 is 0.